The molecule has 0 atom stereocenters. The molecule has 0 aliphatic rings. The van der Waals surface area contributed by atoms with Gasteiger partial charge in [-0.15, -0.1) is 0 Å². The highest BCUT2D eigenvalue weighted by atomic mass is 35.5. The van der Waals surface area contributed by atoms with Crippen molar-refractivity contribution in [3.63, 3.8) is 0 Å². The summed E-state index contributed by atoms with van der Waals surface area (Å²) in [6, 6.07) is 5.57. The minimum absolute atomic E-state index is 0.227. The smallest absolute Gasteiger partial charge is 0.305 e. The van der Waals surface area contributed by atoms with Crippen LogP contribution in [0.1, 0.15) is 12.2 Å². The molecule has 1 heterocycles. The van der Waals surface area contributed by atoms with E-state index < -0.39 is 0 Å². The van der Waals surface area contributed by atoms with Gasteiger partial charge in [-0.1, -0.05) is 11.6 Å². The normalized spacial score (nSPS) is 10.8. The summed E-state index contributed by atoms with van der Waals surface area (Å²) in [6.07, 6.45) is 0.900. The highest BCUT2D eigenvalue weighted by Gasteiger charge is 2.10. The summed E-state index contributed by atoms with van der Waals surface area (Å²) in [7, 11) is 3.31. The summed E-state index contributed by atoms with van der Waals surface area (Å²) >= 11 is 5.91. The average molecular weight is 253 g/mol. The van der Waals surface area contributed by atoms with E-state index in [1.807, 2.05) is 29.8 Å². The lowest BCUT2D eigenvalue weighted by Crippen LogP contribution is -2.05. The number of ether oxygens (including phenoxy) is 1. The molecule has 0 spiro atoms. The number of methoxy groups -OCH3 is 1. The molecule has 1 aromatic heterocycles. The first-order chi connectivity index (χ1) is 8.11. The zero-order chi connectivity index (χ0) is 12.4. The zero-order valence-electron chi connectivity index (χ0n) is 9.74. The van der Waals surface area contributed by atoms with Gasteiger partial charge in [0, 0.05) is 18.5 Å². The van der Waals surface area contributed by atoms with Gasteiger partial charge >= 0.3 is 5.97 Å². The monoisotopic (exact) mass is 252 g/mol. The van der Waals surface area contributed by atoms with E-state index in [9.17, 15) is 4.79 Å². The van der Waals surface area contributed by atoms with Crippen molar-refractivity contribution < 1.29 is 9.53 Å². The topological polar surface area (TPSA) is 44.1 Å². The number of fused-ring (bicyclic) bond motifs is 1. The van der Waals surface area contributed by atoms with E-state index >= 15 is 0 Å². The number of aryl methyl sites for hydroxylation is 2. The number of benzene rings is 1. The molecule has 0 bridgehead atoms. The maximum Gasteiger partial charge on any atom is 0.305 e. The van der Waals surface area contributed by atoms with Crippen molar-refractivity contribution in [3.8, 4) is 0 Å². The standard InChI is InChI=1S/C12H13ClN2O2/c1-15-10-4-3-8(13)7-9(10)14-11(15)5-6-12(16)17-2/h3-4,7H,5-6H2,1-2H3. The summed E-state index contributed by atoms with van der Waals surface area (Å²) in [5.74, 6) is 0.628. The molecule has 2 aromatic rings. The molecule has 5 heteroatoms. The Bertz CT molecular complexity index is 563. The molecule has 90 valence electrons. The first-order valence-electron chi connectivity index (χ1n) is 5.29. The fourth-order valence-electron chi connectivity index (χ4n) is 1.76. The van der Waals surface area contributed by atoms with Gasteiger partial charge < -0.3 is 9.30 Å². The first kappa shape index (κ1) is 11.9. The van der Waals surface area contributed by atoms with Crippen molar-refractivity contribution in [3.05, 3.63) is 29.0 Å². The molecule has 4 nitrogen and oxygen atoms in total. The van der Waals surface area contributed by atoms with E-state index in [0.29, 0.717) is 17.9 Å². The van der Waals surface area contributed by atoms with Crippen LogP contribution < -0.4 is 0 Å². The summed E-state index contributed by atoms with van der Waals surface area (Å²) in [4.78, 5) is 15.5. The van der Waals surface area contributed by atoms with Crippen molar-refractivity contribution in [2.24, 2.45) is 7.05 Å². The van der Waals surface area contributed by atoms with Crippen molar-refractivity contribution in [1.29, 1.82) is 0 Å². The molecular weight excluding hydrogens is 240 g/mol. The molecule has 2 rings (SSSR count). The lowest BCUT2D eigenvalue weighted by molar-refractivity contribution is -0.140. The number of nitrogens with zero attached hydrogens (tertiary/aromatic N) is 2. The molecule has 0 N–H and O–H groups in total. The number of hydrogen-bond acceptors (Lipinski definition) is 3. The van der Waals surface area contributed by atoms with Crippen molar-refractivity contribution in [1.82, 2.24) is 9.55 Å². The number of carbonyl (C=O) groups excluding carboxylic acids is 1. The van der Waals surface area contributed by atoms with Gasteiger partial charge in [0.25, 0.3) is 0 Å². The lowest BCUT2D eigenvalue weighted by atomic mass is 10.3. The van der Waals surface area contributed by atoms with E-state index in [4.69, 9.17) is 11.6 Å². The highest BCUT2D eigenvalue weighted by Crippen LogP contribution is 2.20. The number of rotatable bonds is 3. The number of esters is 1. The van der Waals surface area contributed by atoms with Crippen LogP contribution >= 0.6 is 11.6 Å². The van der Waals surface area contributed by atoms with Crippen LogP contribution in [0.15, 0.2) is 18.2 Å². The molecule has 0 saturated carbocycles. The van der Waals surface area contributed by atoms with Gasteiger partial charge in [0.2, 0.25) is 0 Å². The van der Waals surface area contributed by atoms with Crippen LogP contribution in [0.4, 0.5) is 0 Å². The van der Waals surface area contributed by atoms with Crippen LogP contribution in [0.5, 0.6) is 0 Å². The molecule has 17 heavy (non-hydrogen) atoms. The fourth-order valence-corrected chi connectivity index (χ4v) is 1.93. The van der Waals surface area contributed by atoms with Crippen molar-refractivity contribution in [2.75, 3.05) is 7.11 Å². The van der Waals surface area contributed by atoms with Gasteiger partial charge in [-0.05, 0) is 18.2 Å². The van der Waals surface area contributed by atoms with Gasteiger partial charge in [-0.3, -0.25) is 4.79 Å². The van der Waals surface area contributed by atoms with E-state index in [1.54, 1.807) is 0 Å². The van der Waals surface area contributed by atoms with Crippen LogP contribution in [0, 0.1) is 0 Å². The minimum Gasteiger partial charge on any atom is -0.469 e. The maximum absolute atomic E-state index is 11.1. The summed E-state index contributed by atoms with van der Waals surface area (Å²) in [5.41, 5.74) is 1.86. The summed E-state index contributed by atoms with van der Waals surface area (Å²) < 4.78 is 6.57. The molecule has 0 unspecified atom stereocenters. The third-order valence-corrected chi connectivity index (χ3v) is 2.95. The lowest BCUT2D eigenvalue weighted by Gasteiger charge is -2.01. The molecule has 0 aliphatic carbocycles. The Labute approximate surface area is 104 Å². The second kappa shape index (κ2) is 4.75. The van der Waals surface area contributed by atoms with Gasteiger partial charge in [-0.2, -0.15) is 0 Å². The van der Waals surface area contributed by atoms with Crippen LogP contribution in [0.2, 0.25) is 5.02 Å². The molecule has 0 radical (unpaired) electrons. The Hall–Kier alpha value is -1.55. The summed E-state index contributed by atoms with van der Waals surface area (Å²) in [5, 5.41) is 0.662. The Morgan fingerprint density at radius 1 is 1.53 bits per heavy atom. The predicted molar refractivity (Wildman–Crippen MR) is 66.1 cm³/mol. The number of carbonyl (C=O) groups is 1. The van der Waals surface area contributed by atoms with E-state index in [2.05, 4.69) is 9.72 Å². The van der Waals surface area contributed by atoms with Crippen LogP contribution in [0.25, 0.3) is 11.0 Å². The molecule has 0 amide bonds. The Morgan fingerprint density at radius 2 is 2.29 bits per heavy atom. The third-order valence-electron chi connectivity index (χ3n) is 2.72. The molecular formula is C12H13ClN2O2. The second-order valence-electron chi connectivity index (χ2n) is 3.80. The average Bonchev–Trinajstić information content (AvgIpc) is 2.62. The van der Waals surface area contributed by atoms with E-state index in [1.165, 1.54) is 7.11 Å². The van der Waals surface area contributed by atoms with Crippen LogP contribution in [0.3, 0.4) is 0 Å². The number of hydrogen-bond donors (Lipinski definition) is 0. The van der Waals surface area contributed by atoms with Gasteiger partial charge in [0.1, 0.15) is 5.82 Å². The Balaban J connectivity index is 2.29. The van der Waals surface area contributed by atoms with Gasteiger partial charge in [-0.25, -0.2) is 4.98 Å². The predicted octanol–water partition coefficient (Wildman–Crippen LogP) is 2.33. The second-order valence-corrected chi connectivity index (χ2v) is 4.23. The molecule has 0 aliphatic heterocycles. The molecule has 1 aromatic carbocycles. The molecule has 0 fully saturated rings. The van der Waals surface area contributed by atoms with Gasteiger partial charge in [0.15, 0.2) is 0 Å². The van der Waals surface area contributed by atoms with Crippen molar-refractivity contribution >= 4 is 28.6 Å². The SMILES string of the molecule is COC(=O)CCc1nc2cc(Cl)ccc2n1C. The van der Waals surface area contributed by atoms with Crippen molar-refractivity contribution in [2.45, 2.75) is 12.8 Å². The Morgan fingerprint density at radius 3 is 3.00 bits per heavy atom. The largest absolute Gasteiger partial charge is 0.469 e. The summed E-state index contributed by atoms with van der Waals surface area (Å²) in [6.45, 7) is 0. The number of imidazole rings is 1. The Kier molecular flexibility index (Phi) is 3.33. The van der Waals surface area contributed by atoms with E-state index in [-0.39, 0.29) is 5.97 Å². The first-order valence-corrected chi connectivity index (χ1v) is 5.67. The number of halogens is 1. The van der Waals surface area contributed by atoms with Crippen LogP contribution in [-0.2, 0) is 23.0 Å². The van der Waals surface area contributed by atoms with Gasteiger partial charge in [0.05, 0.1) is 24.6 Å². The number of aromatic nitrogens is 2. The quantitative estimate of drug-likeness (QED) is 0.788. The zero-order valence-corrected chi connectivity index (χ0v) is 10.5. The minimum atomic E-state index is -0.227. The fraction of sp³-hybridized carbons (Fsp3) is 0.333. The highest BCUT2D eigenvalue weighted by molar-refractivity contribution is 6.31. The third kappa shape index (κ3) is 2.42. The molecule has 0 saturated heterocycles. The van der Waals surface area contributed by atoms with E-state index in [0.717, 1.165) is 16.9 Å². The van der Waals surface area contributed by atoms with Crippen LogP contribution in [-0.4, -0.2) is 22.6 Å². The maximum atomic E-state index is 11.1.